The molecule has 1 unspecified atom stereocenters. The molecule has 0 aliphatic heterocycles. The quantitative estimate of drug-likeness (QED) is 0.0350. The number of hydrogen-bond acceptors (Lipinski definition) is 6. The third-order valence-electron chi connectivity index (χ3n) is 11.1. The third-order valence-corrected chi connectivity index (χ3v) is 11.1. The monoisotopic (exact) mass is 765 g/mol. The molecule has 0 spiro atoms. The predicted molar refractivity (Wildman–Crippen MR) is 229 cm³/mol. The Bertz CT molecular complexity index is 826. The van der Waals surface area contributed by atoms with Gasteiger partial charge in [0.05, 0.1) is 0 Å². The smallest absolute Gasteiger partial charge is 0.306 e. The summed E-state index contributed by atoms with van der Waals surface area (Å²) in [6.07, 6.45) is 39.6. The van der Waals surface area contributed by atoms with Crippen molar-refractivity contribution < 1.29 is 28.6 Å². The lowest BCUT2D eigenvalue weighted by molar-refractivity contribution is -0.167. The molecule has 0 radical (unpaired) electrons. The van der Waals surface area contributed by atoms with Crippen molar-refractivity contribution in [2.24, 2.45) is 11.8 Å². The lowest BCUT2D eigenvalue weighted by atomic mass is 9.99. The van der Waals surface area contributed by atoms with Crippen LogP contribution >= 0.6 is 0 Å². The largest absolute Gasteiger partial charge is 0.462 e. The van der Waals surface area contributed by atoms with Crippen molar-refractivity contribution in [3.05, 3.63) is 0 Å². The summed E-state index contributed by atoms with van der Waals surface area (Å²) in [5, 5.41) is 0. The minimum atomic E-state index is -0.759. The van der Waals surface area contributed by atoms with Crippen LogP contribution in [0.1, 0.15) is 259 Å². The van der Waals surface area contributed by atoms with Crippen LogP contribution < -0.4 is 0 Å². The van der Waals surface area contributed by atoms with E-state index < -0.39 is 6.10 Å². The summed E-state index contributed by atoms with van der Waals surface area (Å²) in [6.45, 7) is 11.3. The molecule has 0 N–H and O–H groups in total. The van der Waals surface area contributed by atoms with Crippen LogP contribution in [0.4, 0.5) is 0 Å². The molecule has 2 atom stereocenters. The second kappa shape index (κ2) is 41.1. The Balaban J connectivity index is 4.18. The molecule has 0 aliphatic rings. The third kappa shape index (κ3) is 40.1. The first kappa shape index (κ1) is 52.4. The van der Waals surface area contributed by atoms with Gasteiger partial charge in [-0.25, -0.2) is 0 Å². The number of esters is 3. The van der Waals surface area contributed by atoms with Crippen LogP contribution in [0.3, 0.4) is 0 Å². The minimum absolute atomic E-state index is 0.0652. The van der Waals surface area contributed by atoms with E-state index in [-0.39, 0.29) is 31.1 Å². The van der Waals surface area contributed by atoms with E-state index in [1.54, 1.807) is 0 Å². The summed E-state index contributed by atoms with van der Waals surface area (Å²) in [4.78, 5) is 37.6. The Morgan fingerprint density at radius 1 is 0.389 bits per heavy atom. The Morgan fingerprint density at radius 3 is 1.06 bits per heavy atom. The van der Waals surface area contributed by atoms with Gasteiger partial charge < -0.3 is 14.2 Å². The molecule has 320 valence electrons. The van der Waals surface area contributed by atoms with Crippen LogP contribution in [0, 0.1) is 11.8 Å². The van der Waals surface area contributed by atoms with E-state index in [1.807, 2.05) is 0 Å². The summed E-state index contributed by atoms with van der Waals surface area (Å²) in [6, 6.07) is 0. The minimum Gasteiger partial charge on any atom is -0.462 e. The van der Waals surface area contributed by atoms with Crippen molar-refractivity contribution in [3.63, 3.8) is 0 Å². The van der Waals surface area contributed by atoms with Gasteiger partial charge in [-0.05, 0) is 31.1 Å². The lowest BCUT2D eigenvalue weighted by Gasteiger charge is -2.18. The number of carbonyl (C=O) groups is 3. The number of carbonyl (C=O) groups excluding carboxylic acids is 3. The first-order valence-corrected chi connectivity index (χ1v) is 23.8. The Morgan fingerprint density at radius 2 is 0.704 bits per heavy atom. The maximum atomic E-state index is 12.6. The molecular formula is C48H92O6. The molecule has 6 heteroatoms. The van der Waals surface area contributed by atoms with Crippen LogP contribution in [0.25, 0.3) is 0 Å². The second-order valence-corrected chi connectivity index (χ2v) is 17.1. The van der Waals surface area contributed by atoms with Crippen molar-refractivity contribution in [2.45, 2.75) is 265 Å². The van der Waals surface area contributed by atoms with E-state index in [4.69, 9.17) is 14.2 Å². The molecule has 54 heavy (non-hydrogen) atoms. The second-order valence-electron chi connectivity index (χ2n) is 17.1. The van der Waals surface area contributed by atoms with Gasteiger partial charge in [0.2, 0.25) is 0 Å². The first-order chi connectivity index (χ1) is 26.3. The highest BCUT2D eigenvalue weighted by atomic mass is 16.6. The summed E-state index contributed by atoms with van der Waals surface area (Å²) in [5.74, 6) is 0.830. The number of rotatable bonds is 42. The highest BCUT2D eigenvalue weighted by Gasteiger charge is 2.19. The normalized spacial score (nSPS) is 12.6. The van der Waals surface area contributed by atoms with Gasteiger partial charge in [0.1, 0.15) is 13.2 Å². The van der Waals surface area contributed by atoms with Crippen LogP contribution in [0.15, 0.2) is 0 Å². The average molecular weight is 765 g/mol. The number of ether oxygens (including phenoxy) is 3. The average Bonchev–Trinajstić information content (AvgIpc) is 3.15. The first-order valence-electron chi connectivity index (χ1n) is 23.8. The van der Waals surface area contributed by atoms with Crippen molar-refractivity contribution in [3.8, 4) is 0 Å². The summed E-state index contributed by atoms with van der Waals surface area (Å²) >= 11 is 0. The summed E-state index contributed by atoms with van der Waals surface area (Å²) in [7, 11) is 0. The zero-order valence-corrected chi connectivity index (χ0v) is 36.8. The van der Waals surface area contributed by atoms with E-state index in [0.717, 1.165) is 69.6 Å². The topological polar surface area (TPSA) is 78.9 Å². The Labute approximate surface area is 336 Å². The zero-order valence-electron chi connectivity index (χ0n) is 36.8. The summed E-state index contributed by atoms with van der Waals surface area (Å²) in [5.41, 5.74) is 0. The Kier molecular flexibility index (Phi) is 39.8. The van der Waals surface area contributed by atoms with Crippen molar-refractivity contribution >= 4 is 17.9 Å². The van der Waals surface area contributed by atoms with Gasteiger partial charge in [0.25, 0.3) is 0 Å². The molecule has 0 aliphatic carbocycles. The SMILES string of the molecule is CCCCCCCCCC(=O)O[C@H](COC(=O)CCCCCCCCCCCCCCCCC(C)CC)COC(=O)CCCCCCCCCCC(C)C. The van der Waals surface area contributed by atoms with E-state index in [2.05, 4.69) is 34.6 Å². The maximum absolute atomic E-state index is 12.6. The Hall–Kier alpha value is -1.59. The highest BCUT2D eigenvalue weighted by Crippen LogP contribution is 2.17. The van der Waals surface area contributed by atoms with Crippen LogP contribution in [0.2, 0.25) is 0 Å². The molecule has 0 aromatic rings. The van der Waals surface area contributed by atoms with Crippen molar-refractivity contribution in [2.75, 3.05) is 13.2 Å². The standard InChI is InChI=1S/C48H92O6/c1-6-8-9-10-21-30-35-40-48(51)54-45(42-53-47(50)39-34-29-25-20-19-22-26-31-36-43(3)4)41-52-46(49)38-33-28-24-18-16-14-12-11-13-15-17-23-27-32-37-44(5)7-2/h43-45H,6-42H2,1-5H3/t44?,45-/m1/s1. The number of unbranched alkanes of at least 4 members (excludes halogenated alkanes) is 26. The number of hydrogen-bond donors (Lipinski definition) is 0. The van der Waals surface area contributed by atoms with Gasteiger partial charge in [0.15, 0.2) is 6.10 Å². The molecule has 0 aromatic heterocycles. The van der Waals surface area contributed by atoms with Gasteiger partial charge in [0, 0.05) is 19.3 Å². The molecular weight excluding hydrogens is 673 g/mol. The van der Waals surface area contributed by atoms with Crippen LogP contribution in [0.5, 0.6) is 0 Å². The fourth-order valence-electron chi connectivity index (χ4n) is 7.07. The molecule has 0 saturated carbocycles. The molecule has 0 bridgehead atoms. The molecule has 0 aromatic carbocycles. The van der Waals surface area contributed by atoms with Crippen molar-refractivity contribution in [1.82, 2.24) is 0 Å². The molecule has 0 rings (SSSR count). The van der Waals surface area contributed by atoms with Crippen LogP contribution in [-0.2, 0) is 28.6 Å². The van der Waals surface area contributed by atoms with E-state index in [9.17, 15) is 14.4 Å². The molecule has 0 saturated heterocycles. The predicted octanol–water partition coefficient (Wildman–Crippen LogP) is 15.0. The fourth-order valence-corrected chi connectivity index (χ4v) is 7.07. The van der Waals surface area contributed by atoms with Gasteiger partial charge >= 0.3 is 17.9 Å². The highest BCUT2D eigenvalue weighted by molar-refractivity contribution is 5.71. The molecule has 0 amide bonds. The van der Waals surface area contributed by atoms with Crippen molar-refractivity contribution in [1.29, 1.82) is 0 Å². The lowest BCUT2D eigenvalue weighted by Crippen LogP contribution is -2.30. The molecule has 6 nitrogen and oxygen atoms in total. The zero-order chi connectivity index (χ0) is 39.7. The van der Waals surface area contributed by atoms with Gasteiger partial charge in [-0.15, -0.1) is 0 Å². The van der Waals surface area contributed by atoms with E-state index in [0.29, 0.717) is 19.3 Å². The fraction of sp³-hybridized carbons (Fsp3) is 0.938. The van der Waals surface area contributed by atoms with E-state index >= 15 is 0 Å². The van der Waals surface area contributed by atoms with Gasteiger partial charge in [-0.2, -0.15) is 0 Å². The van der Waals surface area contributed by atoms with E-state index in [1.165, 1.54) is 148 Å². The maximum Gasteiger partial charge on any atom is 0.306 e. The van der Waals surface area contributed by atoms with Crippen LogP contribution in [-0.4, -0.2) is 37.2 Å². The van der Waals surface area contributed by atoms with Gasteiger partial charge in [-0.1, -0.05) is 221 Å². The summed E-state index contributed by atoms with van der Waals surface area (Å²) < 4.78 is 16.7. The molecule has 0 fully saturated rings. The van der Waals surface area contributed by atoms with Gasteiger partial charge in [-0.3, -0.25) is 14.4 Å². The molecule has 0 heterocycles.